The van der Waals surface area contributed by atoms with Gasteiger partial charge in [0.05, 0.1) is 28.8 Å². The van der Waals surface area contributed by atoms with E-state index in [1.165, 1.54) is 0 Å². The number of hydrogen-bond acceptors (Lipinski definition) is 5. The van der Waals surface area contributed by atoms with Gasteiger partial charge in [0.1, 0.15) is 6.54 Å². The van der Waals surface area contributed by atoms with Gasteiger partial charge in [0.15, 0.2) is 0 Å². The van der Waals surface area contributed by atoms with Crippen molar-refractivity contribution in [2.24, 2.45) is 0 Å². The summed E-state index contributed by atoms with van der Waals surface area (Å²) in [5, 5.41) is 24.2. The summed E-state index contributed by atoms with van der Waals surface area (Å²) in [6.07, 6.45) is -0.532. The summed E-state index contributed by atoms with van der Waals surface area (Å²) in [4.78, 5) is 17.0. The minimum Gasteiger partial charge on any atom is -0.392 e. The number of nitrogens with zero attached hydrogens (tertiary/aromatic N) is 3. The third-order valence-corrected chi connectivity index (χ3v) is 3.81. The molecule has 3 aromatic rings. The van der Waals surface area contributed by atoms with Crippen molar-refractivity contribution in [2.45, 2.75) is 19.6 Å². The van der Waals surface area contributed by atoms with Crippen molar-refractivity contribution in [1.29, 1.82) is 5.26 Å². The van der Waals surface area contributed by atoms with E-state index in [-0.39, 0.29) is 12.5 Å². The van der Waals surface area contributed by atoms with Crippen LogP contribution >= 0.6 is 0 Å². The van der Waals surface area contributed by atoms with Crippen LogP contribution in [0.5, 0.6) is 0 Å². The molecule has 26 heavy (non-hydrogen) atoms. The molecular formula is C19H19N5O2. The van der Waals surface area contributed by atoms with Crippen molar-refractivity contribution in [3.8, 4) is 6.07 Å². The van der Waals surface area contributed by atoms with Crippen LogP contribution in [-0.4, -0.2) is 33.2 Å². The maximum Gasteiger partial charge on any atom is 0.244 e. The van der Waals surface area contributed by atoms with Gasteiger partial charge in [-0.05, 0) is 43.3 Å². The highest BCUT2D eigenvalue weighted by Gasteiger charge is 2.14. The van der Waals surface area contributed by atoms with E-state index in [0.717, 1.165) is 11.0 Å². The molecule has 7 heteroatoms. The maximum atomic E-state index is 12.5. The van der Waals surface area contributed by atoms with Crippen LogP contribution in [0.2, 0.25) is 0 Å². The number of nitrogens with one attached hydrogen (secondary N) is 2. The van der Waals surface area contributed by atoms with Gasteiger partial charge in [-0.25, -0.2) is 4.98 Å². The number of aliphatic hydroxyl groups excluding tert-OH is 1. The Balaban J connectivity index is 1.80. The zero-order chi connectivity index (χ0) is 18.5. The lowest BCUT2D eigenvalue weighted by molar-refractivity contribution is -0.116. The van der Waals surface area contributed by atoms with E-state index < -0.39 is 6.10 Å². The van der Waals surface area contributed by atoms with Crippen LogP contribution in [0, 0.1) is 11.3 Å². The number of anilines is 2. The van der Waals surface area contributed by atoms with Gasteiger partial charge in [0.2, 0.25) is 11.9 Å². The second-order valence-corrected chi connectivity index (χ2v) is 5.98. The molecule has 0 saturated heterocycles. The maximum absolute atomic E-state index is 12.5. The van der Waals surface area contributed by atoms with Gasteiger partial charge in [-0.15, -0.1) is 0 Å². The summed E-state index contributed by atoms with van der Waals surface area (Å²) in [6.45, 7) is 2.08. The van der Waals surface area contributed by atoms with E-state index in [4.69, 9.17) is 5.26 Å². The lowest BCUT2D eigenvalue weighted by atomic mass is 10.2. The van der Waals surface area contributed by atoms with Gasteiger partial charge in [0.25, 0.3) is 0 Å². The van der Waals surface area contributed by atoms with E-state index in [9.17, 15) is 9.90 Å². The van der Waals surface area contributed by atoms with Crippen LogP contribution in [0.4, 0.5) is 11.6 Å². The Morgan fingerprint density at radius 2 is 2.00 bits per heavy atom. The molecule has 2 aromatic carbocycles. The number of imidazole rings is 1. The molecule has 132 valence electrons. The van der Waals surface area contributed by atoms with E-state index >= 15 is 0 Å². The molecule has 3 N–H and O–H groups in total. The fourth-order valence-corrected chi connectivity index (χ4v) is 2.58. The summed E-state index contributed by atoms with van der Waals surface area (Å²) >= 11 is 0. The number of para-hydroxylation sites is 2. The predicted molar refractivity (Wildman–Crippen MR) is 99.7 cm³/mol. The Morgan fingerprint density at radius 1 is 1.27 bits per heavy atom. The normalized spacial score (nSPS) is 11.7. The number of carbonyl (C=O) groups excluding carboxylic acids is 1. The van der Waals surface area contributed by atoms with Crippen LogP contribution in [0.15, 0.2) is 48.5 Å². The summed E-state index contributed by atoms with van der Waals surface area (Å²) in [5.41, 5.74) is 2.76. The molecule has 0 saturated carbocycles. The second kappa shape index (κ2) is 7.68. The SMILES string of the molecule is CC(O)CNc1nc2ccccc2n1CC(=O)Nc1ccc(C#N)cc1. The average Bonchev–Trinajstić information content (AvgIpc) is 2.98. The third-order valence-electron chi connectivity index (χ3n) is 3.81. The highest BCUT2D eigenvalue weighted by Crippen LogP contribution is 2.20. The summed E-state index contributed by atoms with van der Waals surface area (Å²) in [6, 6.07) is 16.3. The number of carbonyl (C=O) groups is 1. The first kappa shape index (κ1) is 17.5. The van der Waals surface area contributed by atoms with Crippen LogP contribution in [0.25, 0.3) is 11.0 Å². The Morgan fingerprint density at radius 3 is 2.69 bits per heavy atom. The van der Waals surface area contributed by atoms with E-state index in [2.05, 4.69) is 15.6 Å². The minimum atomic E-state index is -0.532. The lowest BCUT2D eigenvalue weighted by Gasteiger charge is -2.12. The van der Waals surface area contributed by atoms with Gasteiger partial charge in [-0.2, -0.15) is 5.26 Å². The smallest absolute Gasteiger partial charge is 0.244 e. The molecule has 1 unspecified atom stereocenters. The first-order valence-corrected chi connectivity index (χ1v) is 8.24. The zero-order valence-corrected chi connectivity index (χ0v) is 14.3. The molecule has 0 spiro atoms. The number of fused-ring (bicyclic) bond motifs is 1. The monoisotopic (exact) mass is 349 g/mol. The highest BCUT2D eigenvalue weighted by atomic mass is 16.3. The van der Waals surface area contributed by atoms with Crippen molar-refractivity contribution >= 4 is 28.6 Å². The zero-order valence-electron chi connectivity index (χ0n) is 14.3. The fraction of sp³-hybridized carbons (Fsp3) is 0.211. The van der Waals surface area contributed by atoms with Crippen LogP contribution in [-0.2, 0) is 11.3 Å². The lowest BCUT2D eigenvalue weighted by Crippen LogP contribution is -2.22. The fourth-order valence-electron chi connectivity index (χ4n) is 2.58. The number of aromatic nitrogens is 2. The Labute approximate surface area is 150 Å². The van der Waals surface area contributed by atoms with E-state index in [1.807, 2.05) is 30.3 Å². The largest absolute Gasteiger partial charge is 0.392 e. The second-order valence-electron chi connectivity index (χ2n) is 5.98. The number of amides is 1. The van der Waals surface area contributed by atoms with Crippen molar-refractivity contribution in [2.75, 3.05) is 17.2 Å². The summed E-state index contributed by atoms with van der Waals surface area (Å²) in [5.74, 6) is 0.319. The van der Waals surface area contributed by atoms with E-state index in [1.54, 1.807) is 35.8 Å². The van der Waals surface area contributed by atoms with E-state index in [0.29, 0.717) is 23.7 Å². The molecule has 1 atom stereocenters. The Hall–Kier alpha value is -3.37. The van der Waals surface area contributed by atoms with Crippen LogP contribution < -0.4 is 10.6 Å². The van der Waals surface area contributed by atoms with Crippen molar-refractivity contribution in [3.05, 3.63) is 54.1 Å². The molecule has 0 aliphatic rings. The van der Waals surface area contributed by atoms with Crippen molar-refractivity contribution in [1.82, 2.24) is 9.55 Å². The van der Waals surface area contributed by atoms with Crippen LogP contribution in [0.3, 0.4) is 0 Å². The van der Waals surface area contributed by atoms with Crippen LogP contribution in [0.1, 0.15) is 12.5 Å². The Kier molecular flexibility index (Phi) is 5.15. The van der Waals surface area contributed by atoms with Crippen molar-refractivity contribution in [3.63, 3.8) is 0 Å². The van der Waals surface area contributed by atoms with Gasteiger partial charge in [-0.1, -0.05) is 12.1 Å². The quantitative estimate of drug-likeness (QED) is 0.634. The van der Waals surface area contributed by atoms with Gasteiger partial charge in [0, 0.05) is 12.2 Å². The molecule has 0 aliphatic heterocycles. The van der Waals surface area contributed by atoms with Gasteiger partial charge in [-0.3, -0.25) is 4.79 Å². The number of nitriles is 1. The molecule has 1 heterocycles. The topological polar surface area (TPSA) is 103 Å². The molecule has 1 amide bonds. The number of aliphatic hydroxyl groups is 1. The van der Waals surface area contributed by atoms with Gasteiger partial charge >= 0.3 is 0 Å². The molecule has 0 aliphatic carbocycles. The predicted octanol–water partition coefficient (Wildman–Crippen LogP) is 2.34. The van der Waals surface area contributed by atoms with Gasteiger partial charge < -0.3 is 20.3 Å². The molecule has 0 fully saturated rings. The number of hydrogen-bond donors (Lipinski definition) is 3. The Bertz CT molecular complexity index is 954. The number of benzene rings is 2. The standard InChI is InChI=1S/C19H19N5O2/c1-13(25)11-21-19-23-16-4-2-3-5-17(16)24(19)12-18(26)22-15-8-6-14(10-20)7-9-15/h2-9,13,25H,11-12H2,1H3,(H,21,23)(H,22,26). The first-order chi connectivity index (χ1) is 12.6. The number of rotatable bonds is 6. The summed E-state index contributed by atoms with van der Waals surface area (Å²) in [7, 11) is 0. The summed E-state index contributed by atoms with van der Waals surface area (Å²) < 4.78 is 1.77. The first-order valence-electron chi connectivity index (χ1n) is 8.24. The molecule has 7 nitrogen and oxygen atoms in total. The highest BCUT2D eigenvalue weighted by molar-refractivity contribution is 5.92. The molecule has 3 rings (SSSR count). The third kappa shape index (κ3) is 3.99. The molecule has 0 bridgehead atoms. The van der Waals surface area contributed by atoms with Crippen molar-refractivity contribution < 1.29 is 9.90 Å². The average molecular weight is 349 g/mol. The molecule has 1 aromatic heterocycles. The minimum absolute atomic E-state index is 0.0721. The molecule has 0 radical (unpaired) electrons. The molecular weight excluding hydrogens is 330 g/mol.